The van der Waals surface area contributed by atoms with Crippen LogP contribution in [0.25, 0.3) is 0 Å². The van der Waals surface area contributed by atoms with Crippen molar-refractivity contribution < 1.29 is 0 Å². The third-order valence-corrected chi connectivity index (χ3v) is 13.6. The average Bonchev–Trinajstić information content (AvgIpc) is 2.55. The predicted molar refractivity (Wildman–Crippen MR) is 120 cm³/mol. The Balaban J connectivity index is 2.82. The number of rotatable bonds is 2. The SMILES string of the molecule is C[Si](C)(C)C#[C][Ge]([C]#C[Si](C)(C)C)([c]1ccccc1)[c]1ccccc1. The zero-order valence-electron chi connectivity index (χ0n) is 16.3. The zero-order valence-corrected chi connectivity index (χ0v) is 20.4. The summed E-state index contributed by atoms with van der Waals surface area (Å²) in [6.45, 7) is 13.9. The van der Waals surface area contributed by atoms with Crippen molar-refractivity contribution in [1.82, 2.24) is 0 Å². The molecule has 0 unspecified atom stereocenters. The Hall–Kier alpha value is -1.46. The van der Waals surface area contributed by atoms with Crippen molar-refractivity contribution in [3.05, 3.63) is 60.7 Å². The van der Waals surface area contributed by atoms with Crippen molar-refractivity contribution >= 4 is 38.2 Å². The summed E-state index contributed by atoms with van der Waals surface area (Å²) in [6.07, 6.45) is 0. The summed E-state index contributed by atoms with van der Waals surface area (Å²) in [7, 11) is -2.96. The van der Waals surface area contributed by atoms with E-state index in [2.05, 4.69) is 121 Å². The standard InChI is InChI=1S/C22H28GeSi2/c1-24(2,3)19-17-23(18-20-25(4,5)6,21-13-9-7-10-14-21)22-15-11-8-12-16-22/h7-16H,1-6H3. The minimum absolute atomic E-state index is 1.35. The van der Waals surface area contributed by atoms with Crippen LogP contribution in [-0.2, 0) is 0 Å². The van der Waals surface area contributed by atoms with Crippen LogP contribution in [0.1, 0.15) is 0 Å². The van der Waals surface area contributed by atoms with Crippen LogP contribution in [0.4, 0.5) is 0 Å². The van der Waals surface area contributed by atoms with Crippen molar-refractivity contribution in [3.8, 4) is 20.6 Å². The van der Waals surface area contributed by atoms with Crippen LogP contribution in [0.5, 0.6) is 0 Å². The molecule has 0 saturated carbocycles. The van der Waals surface area contributed by atoms with E-state index in [4.69, 9.17) is 0 Å². The second-order valence-corrected chi connectivity index (χ2v) is 24.6. The molecule has 2 aromatic rings. The second-order valence-electron chi connectivity index (χ2n) is 8.48. The molecule has 2 aromatic carbocycles. The molecule has 3 heteroatoms. The van der Waals surface area contributed by atoms with E-state index in [-0.39, 0.29) is 0 Å². The monoisotopic (exact) mass is 422 g/mol. The van der Waals surface area contributed by atoms with Crippen molar-refractivity contribution in [2.24, 2.45) is 0 Å². The first-order valence-corrected chi connectivity index (χ1v) is 20.0. The van der Waals surface area contributed by atoms with Crippen molar-refractivity contribution in [3.63, 3.8) is 0 Å². The Morgan fingerprint density at radius 2 is 0.880 bits per heavy atom. The maximum absolute atomic E-state index is 3.83. The van der Waals surface area contributed by atoms with Gasteiger partial charge in [-0.05, 0) is 0 Å². The molecule has 0 amide bonds. The van der Waals surface area contributed by atoms with Gasteiger partial charge in [-0.2, -0.15) is 0 Å². The van der Waals surface area contributed by atoms with Crippen molar-refractivity contribution in [2.45, 2.75) is 39.3 Å². The summed E-state index contributed by atoms with van der Waals surface area (Å²) in [5.41, 5.74) is 7.36. The molecule has 0 saturated heterocycles. The molecule has 0 aromatic heterocycles. The van der Waals surface area contributed by atoms with Crippen molar-refractivity contribution in [1.29, 1.82) is 0 Å². The maximum atomic E-state index is 3.83. The van der Waals surface area contributed by atoms with Gasteiger partial charge >= 0.3 is 159 Å². The first-order valence-electron chi connectivity index (χ1n) is 8.82. The van der Waals surface area contributed by atoms with Crippen molar-refractivity contribution in [2.75, 3.05) is 0 Å². The van der Waals surface area contributed by atoms with Gasteiger partial charge in [-0.25, -0.2) is 0 Å². The first-order chi connectivity index (χ1) is 11.6. The molecule has 0 fully saturated rings. The molecule has 0 atom stereocenters. The first kappa shape index (κ1) is 19.9. The van der Waals surface area contributed by atoms with Crippen LogP contribution in [0, 0.1) is 20.6 Å². The molecule has 0 nitrogen and oxygen atoms in total. The topological polar surface area (TPSA) is 0 Å². The summed E-state index contributed by atoms with van der Waals surface area (Å²) in [6, 6.07) is 21.6. The van der Waals surface area contributed by atoms with Crippen LogP contribution < -0.4 is 8.79 Å². The van der Waals surface area contributed by atoms with E-state index in [1.165, 1.54) is 8.79 Å². The van der Waals surface area contributed by atoms with Gasteiger partial charge in [0.05, 0.1) is 0 Å². The molecule has 0 spiro atoms. The van der Waals surface area contributed by atoms with Gasteiger partial charge in [-0.3, -0.25) is 0 Å². The van der Waals surface area contributed by atoms with Gasteiger partial charge in [-0.15, -0.1) is 0 Å². The molecule has 0 N–H and O–H groups in total. The third kappa shape index (κ3) is 5.78. The Labute approximate surface area is 158 Å². The van der Waals surface area contributed by atoms with Gasteiger partial charge in [-0.1, -0.05) is 0 Å². The average molecular weight is 421 g/mol. The van der Waals surface area contributed by atoms with E-state index in [0.29, 0.717) is 0 Å². The summed E-state index contributed by atoms with van der Waals surface area (Å²) < 4.78 is 10.4. The van der Waals surface area contributed by atoms with Crippen LogP contribution in [0.2, 0.25) is 39.3 Å². The molecule has 128 valence electrons. The number of hydrogen-bond donors (Lipinski definition) is 0. The van der Waals surface area contributed by atoms with E-state index < -0.39 is 29.4 Å². The van der Waals surface area contributed by atoms with E-state index in [1.54, 1.807) is 0 Å². The molecule has 0 radical (unpaired) electrons. The van der Waals surface area contributed by atoms with Gasteiger partial charge in [0.1, 0.15) is 0 Å². The molecular formula is C22H28GeSi2. The Bertz CT molecular complexity index is 747. The van der Waals surface area contributed by atoms with E-state index in [0.717, 1.165) is 0 Å². The summed E-state index contributed by atoms with van der Waals surface area (Å²) >= 11 is -3.07. The van der Waals surface area contributed by atoms with Gasteiger partial charge in [0, 0.05) is 0 Å². The fraction of sp³-hybridized carbons (Fsp3) is 0.273. The molecule has 0 aliphatic heterocycles. The predicted octanol–water partition coefficient (Wildman–Crippen LogP) is 4.09. The Kier molecular flexibility index (Phi) is 6.22. The Morgan fingerprint density at radius 1 is 0.560 bits per heavy atom. The van der Waals surface area contributed by atoms with Crippen LogP contribution in [0.15, 0.2) is 60.7 Å². The van der Waals surface area contributed by atoms with Crippen LogP contribution in [0.3, 0.4) is 0 Å². The molecule has 0 aliphatic rings. The summed E-state index contributed by atoms with van der Waals surface area (Å²) in [5, 5.41) is 0. The molecule has 0 bridgehead atoms. The third-order valence-electron chi connectivity index (χ3n) is 3.66. The van der Waals surface area contributed by atoms with Crippen LogP contribution in [-0.4, -0.2) is 29.4 Å². The zero-order chi connectivity index (χ0) is 18.6. The fourth-order valence-corrected chi connectivity index (χ4v) is 15.6. The normalized spacial score (nSPS) is 11.8. The quantitative estimate of drug-likeness (QED) is 0.507. The fourth-order valence-electron chi connectivity index (χ4n) is 2.43. The van der Waals surface area contributed by atoms with E-state index >= 15 is 0 Å². The summed E-state index contributed by atoms with van der Waals surface area (Å²) in [4.78, 5) is 0. The van der Waals surface area contributed by atoms with E-state index in [1.807, 2.05) is 0 Å². The summed E-state index contributed by atoms with van der Waals surface area (Å²) in [5.74, 6) is 0. The molecular weight excluding hydrogens is 393 g/mol. The number of hydrogen-bond acceptors (Lipinski definition) is 0. The van der Waals surface area contributed by atoms with Gasteiger partial charge in [0.25, 0.3) is 0 Å². The minimum atomic E-state index is -3.07. The van der Waals surface area contributed by atoms with E-state index in [9.17, 15) is 0 Å². The molecule has 25 heavy (non-hydrogen) atoms. The molecule has 0 aliphatic carbocycles. The van der Waals surface area contributed by atoms with Crippen LogP contribution >= 0.6 is 0 Å². The second kappa shape index (κ2) is 7.83. The van der Waals surface area contributed by atoms with Gasteiger partial charge in [0.2, 0.25) is 0 Å². The Morgan fingerprint density at radius 3 is 1.16 bits per heavy atom. The molecule has 0 heterocycles. The van der Waals surface area contributed by atoms with Gasteiger partial charge < -0.3 is 0 Å². The van der Waals surface area contributed by atoms with Gasteiger partial charge in [0.15, 0.2) is 0 Å². The molecule has 2 rings (SSSR count). The number of benzene rings is 2.